The molecule has 11 nitrogen and oxygen atoms in total. The van der Waals surface area contributed by atoms with Gasteiger partial charge in [-0.15, -0.1) is 0 Å². The molecule has 0 bridgehead atoms. The minimum absolute atomic E-state index is 0.0211. The van der Waals surface area contributed by atoms with Crippen LogP contribution in [0.15, 0.2) is 46.8 Å². The predicted molar refractivity (Wildman–Crippen MR) is 150 cm³/mol. The predicted octanol–water partition coefficient (Wildman–Crippen LogP) is 3.11. The lowest BCUT2D eigenvalue weighted by molar-refractivity contribution is -0.125. The second-order valence-electron chi connectivity index (χ2n) is 11.0. The molecule has 13 heteroatoms. The van der Waals surface area contributed by atoms with Crippen molar-refractivity contribution in [3.8, 4) is 5.75 Å². The fourth-order valence-corrected chi connectivity index (χ4v) is 6.53. The normalized spacial score (nSPS) is 20.5. The molecule has 0 unspecified atom stereocenters. The molecule has 2 aromatic carbocycles. The summed E-state index contributed by atoms with van der Waals surface area (Å²) >= 11 is 0. The topological polar surface area (TPSA) is 137 Å². The number of sulfonamides is 1. The van der Waals surface area contributed by atoms with Crippen molar-refractivity contribution >= 4 is 45.5 Å². The van der Waals surface area contributed by atoms with Crippen molar-refractivity contribution in [1.29, 1.82) is 0 Å². The van der Waals surface area contributed by atoms with Gasteiger partial charge in [-0.1, -0.05) is 12.1 Å². The lowest BCUT2D eigenvalue weighted by Crippen LogP contribution is -2.50. The summed E-state index contributed by atoms with van der Waals surface area (Å²) in [6.45, 7) is 6.99. The van der Waals surface area contributed by atoms with E-state index in [9.17, 15) is 27.3 Å². The summed E-state index contributed by atoms with van der Waals surface area (Å²) in [5, 5.41) is 6.51. The number of aryl methyl sites for hydroxylation is 2. The highest BCUT2D eigenvalue weighted by Crippen LogP contribution is 2.33. The van der Waals surface area contributed by atoms with Gasteiger partial charge in [0.1, 0.15) is 16.9 Å². The van der Waals surface area contributed by atoms with Gasteiger partial charge in [-0.25, -0.2) is 18.1 Å². The van der Waals surface area contributed by atoms with Gasteiger partial charge in [0, 0.05) is 28.6 Å². The number of hydrogen-bond donors (Lipinski definition) is 2. The van der Waals surface area contributed by atoms with E-state index in [0.29, 0.717) is 27.9 Å². The zero-order chi connectivity index (χ0) is 29.7. The Hall–Kier alpha value is -4.10. The molecule has 41 heavy (non-hydrogen) atoms. The molecule has 0 atom stereocenters. The van der Waals surface area contributed by atoms with Crippen LogP contribution < -0.4 is 20.5 Å². The number of amidine groups is 1. The second kappa shape index (κ2) is 10.1. The number of nitrogens with one attached hydrogen (secondary N) is 2. The Morgan fingerprint density at radius 1 is 1.05 bits per heavy atom. The highest BCUT2D eigenvalue weighted by Gasteiger charge is 2.47. The summed E-state index contributed by atoms with van der Waals surface area (Å²) in [6.07, 6.45) is 1.87. The molecule has 2 aromatic rings. The summed E-state index contributed by atoms with van der Waals surface area (Å²) in [5.41, 5.74) is 0.823. The van der Waals surface area contributed by atoms with Gasteiger partial charge in [-0.3, -0.25) is 19.5 Å². The molecule has 2 saturated heterocycles. The molecule has 1 spiro atoms. The van der Waals surface area contributed by atoms with Gasteiger partial charge in [0.15, 0.2) is 5.75 Å². The second-order valence-corrected chi connectivity index (χ2v) is 12.8. The first-order chi connectivity index (χ1) is 19.3. The first kappa shape index (κ1) is 28.4. The molecule has 4 amide bonds. The summed E-state index contributed by atoms with van der Waals surface area (Å²) in [6, 6.07) is 8.92. The first-order valence-corrected chi connectivity index (χ1v) is 14.5. The minimum atomic E-state index is -3.83. The van der Waals surface area contributed by atoms with Crippen LogP contribution in [-0.2, 0) is 19.6 Å². The van der Waals surface area contributed by atoms with Gasteiger partial charge in [0.05, 0.1) is 5.69 Å². The first-order valence-electron chi connectivity index (χ1n) is 13.0. The molecule has 2 fully saturated rings. The number of anilines is 1. The lowest BCUT2D eigenvalue weighted by Gasteiger charge is -2.34. The largest absolute Gasteiger partial charge is 0.329 e. The Bertz CT molecular complexity index is 1600. The van der Waals surface area contributed by atoms with E-state index < -0.39 is 27.1 Å². The van der Waals surface area contributed by atoms with Gasteiger partial charge in [-0.05, 0) is 87.6 Å². The van der Waals surface area contributed by atoms with Crippen LogP contribution in [0, 0.1) is 13.8 Å². The molecule has 2 N–H and O–H groups in total. The number of halogens is 1. The minimum Gasteiger partial charge on any atom is -0.323 e. The average Bonchev–Trinajstić information content (AvgIpc) is 3.34. The number of imide groups is 1. The van der Waals surface area contributed by atoms with Crippen LogP contribution in [0.2, 0.25) is 0 Å². The van der Waals surface area contributed by atoms with Gasteiger partial charge in [-0.2, -0.15) is 4.31 Å². The monoisotopic (exact) mass is 583 g/mol. The van der Waals surface area contributed by atoms with Crippen molar-refractivity contribution in [3.05, 3.63) is 64.1 Å². The number of carbonyl (C=O) groups excluding carboxylic acids is 3. The lowest BCUT2D eigenvalue weighted by atomic mass is 9.89. The Balaban J connectivity index is 1.30. The zero-order valence-corrected chi connectivity index (χ0v) is 23.8. The number of hydrogen-bond acceptors (Lipinski definition) is 7. The van der Waals surface area contributed by atoms with Crippen molar-refractivity contribution < 1.29 is 32.3 Å². The Kier molecular flexibility index (Phi) is 6.98. The third kappa shape index (κ3) is 5.10. The van der Waals surface area contributed by atoms with Crippen LogP contribution in [-0.4, -0.2) is 60.6 Å². The third-order valence-electron chi connectivity index (χ3n) is 7.69. The number of piperidine rings is 1. The number of urea groups is 1. The van der Waals surface area contributed by atoms with Crippen LogP contribution in [0.4, 0.5) is 15.0 Å². The van der Waals surface area contributed by atoms with E-state index in [0.717, 1.165) is 10.3 Å². The van der Waals surface area contributed by atoms with Gasteiger partial charge in [0.2, 0.25) is 10.0 Å². The van der Waals surface area contributed by atoms with E-state index in [4.69, 9.17) is 0 Å². The van der Waals surface area contributed by atoms with E-state index in [-0.39, 0.29) is 49.3 Å². The zero-order valence-electron chi connectivity index (χ0n) is 23.0. The van der Waals surface area contributed by atoms with Crippen LogP contribution in [0.3, 0.4) is 0 Å². The number of benzene rings is 2. The van der Waals surface area contributed by atoms with Crippen molar-refractivity contribution in [2.45, 2.75) is 51.6 Å². The van der Waals surface area contributed by atoms with Crippen LogP contribution in [0.1, 0.15) is 48.9 Å². The molecule has 0 aliphatic carbocycles. The maximum Gasteiger partial charge on any atom is 0.329 e. The Morgan fingerprint density at radius 3 is 2.29 bits per heavy atom. The molecule has 0 saturated carbocycles. The van der Waals surface area contributed by atoms with Crippen LogP contribution in [0.25, 0.3) is 6.08 Å². The van der Waals surface area contributed by atoms with Gasteiger partial charge < -0.3 is 10.6 Å². The highest BCUT2D eigenvalue weighted by molar-refractivity contribution is 7.92. The molecule has 3 aliphatic heterocycles. The van der Waals surface area contributed by atoms with E-state index in [2.05, 4.69) is 20.6 Å². The van der Waals surface area contributed by atoms with E-state index >= 15 is 0 Å². The molecule has 216 valence electrons. The van der Waals surface area contributed by atoms with Crippen molar-refractivity contribution in [2.75, 3.05) is 18.0 Å². The Labute approximate surface area is 237 Å². The van der Waals surface area contributed by atoms with E-state index in [1.54, 1.807) is 52.0 Å². The maximum absolute atomic E-state index is 13.2. The van der Waals surface area contributed by atoms with Crippen LogP contribution >= 0.6 is 0 Å². The summed E-state index contributed by atoms with van der Waals surface area (Å²) in [7, 11) is -3.83. The van der Waals surface area contributed by atoms with E-state index in [1.165, 1.54) is 22.5 Å². The number of rotatable bonds is 6. The number of nitrogens with zero attached hydrogens (tertiary/aromatic N) is 3. The molecular weight excluding hydrogens is 553 g/mol. The fourth-order valence-electron chi connectivity index (χ4n) is 5.36. The number of amides is 4. The van der Waals surface area contributed by atoms with Gasteiger partial charge >= 0.3 is 6.03 Å². The SMILES string of the molecule is Cc1cc(N2C(=O)NC(C)(C)C2=O)cc(C)c1/C=C/S(=O)(=O)N1CCC2(CC1)N=C(c1cccc(OF)c1)NC2=O. The standard InChI is InChI=1S/C28H30FN5O6S/c1-17-14-20(34-25(36)27(3,4)32-26(34)37)15-18(2)22(17)8-13-41(38,39)33-11-9-28(10-12-33)24(35)30-23(31-28)19-6-5-7-21(16-19)40-29/h5-8,13-16H,9-12H2,1-4H3,(H,32,37)(H,30,31,35)/b13-8+. The average molecular weight is 584 g/mol. The molecular formula is C28H30FN5O6S. The molecule has 0 radical (unpaired) electrons. The van der Waals surface area contributed by atoms with Crippen LogP contribution in [0.5, 0.6) is 5.75 Å². The fraction of sp³-hybridized carbons (Fsp3) is 0.357. The summed E-state index contributed by atoms with van der Waals surface area (Å²) in [4.78, 5) is 47.4. The quantitative estimate of drug-likeness (QED) is 0.502. The number of aliphatic imine (C=N–C) groups is 1. The maximum atomic E-state index is 13.2. The molecule has 3 heterocycles. The Morgan fingerprint density at radius 2 is 1.71 bits per heavy atom. The summed E-state index contributed by atoms with van der Waals surface area (Å²) in [5.74, 6) is -0.431. The van der Waals surface area contributed by atoms with Crippen molar-refractivity contribution in [3.63, 3.8) is 0 Å². The highest BCUT2D eigenvalue weighted by atomic mass is 32.2. The van der Waals surface area contributed by atoms with Crippen molar-refractivity contribution in [2.24, 2.45) is 4.99 Å². The van der Waals surface area contributed by atoms with Gasteiger partial charge in [0.25, 0.3) is 11.8 Å². The molecule has 0 aromatic heterocycles. The van der Waals surface area contributed by atoms with E-state index in [1.807, 2.05) is 0 Å². The third-order valence-corrected chi connectivity index (χ3v) is 9.25. The molecule has 5 rings (SSSR count). The number of carbonyl (C=O) groups is 3. The smallest absolute Gasteiger partial charge is 0.323 e. The van der Waals surface area contributed by atoms with Crippen molar-refractivity contribution in [1.82, 2.24) is 14.9 Å². The summed E-state index contributed by atoms with van der Waals surface area (Å²) < 4.78 is 40.3. The molecule has 3 aliphatic rings.